The highest BCUT2D eigenvalue weighted by molar-refractivity contribution is 7.89. The van der Waals surface area contributed by atoms with Crippen LogP contribution >= 0.6 is 0 Å². The second-order valence-electron chi connectivity index (χ2n) is 4.31. The zero-order chi connectivity index (χ0) is 15.9. The number of ether oxygens (including phenoxy) is 2. The maximum atomic E-state index is 12.4. The summed E-state index contributed by atoms with van der Waals surface area (Å²) in [5, 5.41) is 0. The molecule has 0 aliphatic carbocycles. The molecule has 0 saturated heterocycles. The topological polar surface area (TPSA) is 64.6 Å². The number of halogens is 2. The number of rotatable bonds is 9. The van der Waals surface area contributed by atoms with Gasteiger partial charge >= 0.3 is 6.61 Å². The molecule has 8 heteroatoms. The van der Waals surface area contributed by atoms with Crippen LogP contribution in [0.2, 0.25) is 0 Å². The molecule has 0 aromatic heterocycles. The Labute approximate surface area is 123 Å². The van der Waals surface area contributed by atoms with Crippen molar-refractivity contribution in [3.05, 3.63) is 29.8 Å². The summed E-state index contributed by atoms with van der Waals surface area (Å²) >= 11 is 0. The third kappa shape index (κ3) is 5.94. The smallest absolute Gasteiger partial charge is 0.387 e. The fourth-order valence-corrected chi connectivity index (χ4v) is 3.04. The van der Waals surface area contributed by atoms with Crippen molar-refractivity contribution in [3.63, 3.8) is 0 Å². The van der Waals surface area contributed by atoms with Gasteiger partial charge in [0.1, 0.15) is 5.75 Å². The SMILES string of the molecule is CC[C@@H](NS(=O)(=O)CCOC)c1ccccc1OC(F)F. The van der Waals surface area contributed by atoms with Crippen molar-refractivity contribution < 1.29 is 26.7 Å². The first kappa shape index (κ1) is 17.8. The molecule has 0 unspecified atom stereocenters. The Bertz CT molecular complexity index is 537. The average Bonchev–Trinajstić information content (AvgIpc) is 2.43. The van der Waals surface area contributed by atoms with Gasteiger partial charge in [-0.25, -0.2) is 13.1 Å². The Morgan fingerprint density at radius 2 is 1.95 bits per heavy atom. The van der Waals surface area contributed by atoms with Gasteiger partial charge in [0.25, 0.3) is 0 Å². The van der Waals surface area contributed by atoms with Gasteiger partial charge < -0.3 is 9.47 Å². The largest absolute Gasteiger partial charge is 0.434 e. The maximum absolute atomic E-state index is 12.4. The third-order valence-corrected chi connectivity index (χ3v) is 4.14. The summed E-state index contributed by atoms with van der Waals surface area (Å²) in [6.45, 7) is -1.15. The molecule has 0 spiro atoms. The van der Waals surface area contributed by atoms with Gasteiger partial charge in [-0.15, -0.1) is 0 Å². The van der Waals surface area contributed by atoms with Crippen LogP contribution in [0.4, 0.5) is 8.78 Å². The summed E-state index contributed by atoms with van der Waals surface area (Å²) in [5.41, 5.74) is 0.376. The number of sulfonamides is 1. The quantitative estimate of drug-likeness (QED) is 0.757. The molecule has 1 N–H and O–H groups in total. The molecule has 120 valence electrons. The molecular weight excluding hydrogens is 304 g/mol. The lowest BCUT2D eigenvalue weighted by molar-refractivity contribution is -0.0506. The van der Waals surface area contributed by atoms with E-state index >= 15 is 0 Å². The Kier molecular flexibility index (Phi) is 7.00. The van der Waals surface area contributed by atoms with Gasteiger partial charge in [-0.2, -0.15) is 8.78 Å². The highest BCUT2D eigenvalue weighted by Gasteiger charge is 2.21. The van der Waals surface area contributed by atoms with Crippen LogP contribution in [0.5, 0.6) is 5.75 Å². The zero-order valence-corrected chi connectivity index (χ0v) is 12.7. The lowest BCUT2D eigenvalue weighted by Crippen LogP contribution is -2.32. The minimum atomic E-state index is -3.57. The molecule has 0 saturated carbocycles. The van der Waals surface area contributed by atoms with Crippen LogP contribution in [0, 0.1) is 0 Å². The second-order valence-corrected chi connectivity index (χ2v) is 6.18. The number of methoxy groups -OCH3 is 1. The van der Waals surface area contributed by atoms with Crippen LogP contribution in [0.3, 0.4) is 0 Å². The fraction of sp³-hybridized carbons (Fsp3) is 0.538. The Balaban J connectivity index is 2.95. The Morgan fingerprint density at radius 1 is 1.29 bits per heavy atom. The third-order valence-electron chi connectivity index (χ3n) is 2.80. The van der Waals surface area contributed by atoms with Crippen molar-refractivity contribution in [3.8, 4) is 5.75 Å². The molecular formula is C13H19F2NO4S. The number of para-hydroxylation sites is 1. The lowest BCUT2D eigenvalue weighted by atomic mass is 10.0. The van der Waals surface area contributed by atoms with Gasteiger partial charge in [0, 0.05) is 12.7 Å². The Morgan fingerprint density at radius 3 is 2.52 bits per heavy atom. The van der Waals surface area contributed by atoms with Crippen LogP contribution in [-0.4, -0.2) is 34.5 Å². The van der Waals surface area contributed by atoms with E-state index in [0.717, 1.165) is 0 Å². The lowest BCUT2D eigenvalue weighted by Gasteiger charge is -2.20. The fourth-order valence-electron chi connectivity index (χ4n) is 1.81. The summed E-state index contributed by atoms with van der Waals surface area (Å²) in [6, 6.07) is 5.49. The van der Waals surface area contributed by atoms with Crippen LogP contribution in [-0.2, 0) is 14.8 Å². The molecule has 0 aliphatic heterocycles. The van der Waals surface area contributed by atoms with Crippen LogP contribution in [0.25, 0.3) is 0 Å². The van der Waals surface area contributed by atoms with Crippen molar-refractivity contribution in [1.29, 1.82) is 0 Å². The number of hydrogen-bond donors (Lipinski definition) is 1. The van der Waals surface area contributed by atoms with E-state index in [1.54, 1.807) is 25.1 Å². The molecule has 0 aliphatic rings. The van der Waals surface area contributed by atoms with Crippen LogP contribution in [0.1, 0.15) is 24.9 Å². The average molecular weight is 323 g/mol. The molecule has 1 atom stereocenters. The molecule has 0 radical (unpaired) electrons. The van der Waals surface area contributed by atoms with Crippen molar-refractivity contribution in [2.45, 2.75) is 26.0 Å². The summed E-state index contributed by atoms with van der Waals surface area (Å²) in [7, 11) is -2.17. The van der Waals surface area contributed by atoms with Crippen LogP contribution in [0.15, 0.2) is 24.3 Å². The van der Waals surface area contributed by atoms with Gasteiger partial charge in [-0.1, -0.05) is 25.1 Å². The van der Waals surface area contributed by atoms with E-state index in [2.05, 4.69) is 9.46 Å². The first-order valence-corrected chi connectivity index (χ1v) is 8.07. The maximum Gasteiger partial charge on any atom is 0.387 e. The molecule has 1 rings (SSSR count). The minimum absolute atomic E-state index is 0.0335. The van der Waals surface area contributed by atoms with Gasteiger partial charge in [0.15, 0.2) is 0 Å². The Hall–Kier alpha value is -1.25. The predicted octanol–water partition coefficient (Wildman–Crippen LogP) is 2.30. The first-order chi connectivity index (χ1) is 9.89. The normalized spacial score (nSPS) is 13.4. The minimum Gasteiger partial charge on any atom is -0.434 e. The van der Waals surface area contributed by atoms with Crippen molar-refractivity contribution in [1.82, 2.24) is 4.72 Å². The van der Waals surface area contributed by atoms with E-state index in [4.69, 9.17) is 4.74 Å². The molecule has 0 heterocycles. The first-order valence-electron chi connectivity index (χ1n) is 6.42. The molecule has 21 heavy (non-hydrogen) atoms. The van der Waals surface area contributed by atoms with Crippen molar-refractivity contribution >= 4 is 10.0 Å². The second kappa shape index (κ2) is 8.26. The van der Waals surface area contributed by atoms with E-state index in [0.29, 0.717) is 12.0 Å². The predicted molar refractivity (Wildman–Crippen MR) is 74.9 cm³/mol. The van der Waals surface area contributed by atoms with E-state index in [-0.39, 0.29) is 18.1 Å². The number of benzene rings is 1. The summed E-state index contributed by atoms with van der Waals surface area (Å²) in [6.07, 6.45) is 0.399. The van der Waals surface area contributed by atoms with Crippen LogP contribution < -0.4 is 9.46 Å². The molecule has 1 aromatic carbocycles. The number of hydrogen-bond acceptors (Lipinski definition) is 4. The van der Waals surface area contributed by atoms with Crippen molar-refractivity contribution in [2.24, 2.45) is 0 Å². The molecule has 5 nitrogen and oxygen atoms in total. The standard InChI is InChI=1S/C13H19F2NO4S/c1-3-11(16-21(17,18)9-8-19-2)10-6-4-5-7-12(10)20-13(14)15/h4-7,11,13,16H,3,8-9H2,1-2H3/t11-/m1/s1. The van der Waals surface area contributed by atoms with Crippen molar-refractivity contribution in [2.75, 3.05) is 19.5 Å². The monoisotopic (exact) mass is 323 g/mol. The van der Waals surface area contributed by atoms with Gasteiger partial charge in [-0.05, 0) is 12.5 Å². The van der Waals surface area contributed by atoms with E-state index in [1.165, 1.54) is 13.2 Å². The highest BCUT2D eigenvalue weighted by atomic mass is 32.2. The molecule has 0 bridgehead atoms. The molecule has 1 aromatic rings. The van der Waals surface area contributed by atoms with E-state index < -0.39 is 22.7 Å². The number of nitrogens with one attached hydrogen (secondary N) is 1. The summed E-state index contributed by atoms with van der Waals surface area (Å²) in [5.74, 6) is -0.230. The van der Waals surface area contributed by atoms with E-state index in [1.807, 2.05) is 0 Å². The summed E-state index contributed by atoms with van der Waals surface area (Å²) < 4.78 is 60.2. The van der Waals surface area contributed by atoms with E-state index in [9.17, 15) is 17.2 Å². The van der Waals surface area contributed by atoms with Gasteiger partial charge in [0.2, 0.25) is 10.0 Å². The van der Waals surface area contributed by atoms with Gasteiger partial charge in [0.05, 0.1) is 18.4 Å². The number of alkyl halides is 2. The molecule has 0 fully saturated rings. The summed E-state index contributed by atoms with van der Waals surface area (Å²) in [4.78, 5) is 0. The van der Waals surface area contributed by atoms with Gasteiger partial charge in [-0.3, -0.25) is 0 Å². The zero-order valence-electron chi connectivity index (χ0n) is 11.9. The molecule has 0 amide bonds. The highest BCUT2D eigenvalue weighted by Crippen LogP contribution is 2.28.